The summed E-state index contributed by atoms with van der Waals surface area (Å²) in [7, 11) is 0. The van der Waals surface area contributed by atoms with Crippen molar-refractivity contribution in [3.63, 3.8) is 0 Å². The van der Waals surface area contributed by atoms with Crippen molar-refractivity contribution in [1.82, 2.24) is 15.2 Å². The third-order valence-corrected chi connectivity index (χ3v) is 3.55. The van der Waals surface area contributed by atoms with Gasteiger partial charge in [-0.15, -0.1) is 0 Å². The number of aliphatic carboxylic acids is 1. The van der Waals surface area contributed by atoms with E-state index in [9.17, 15) is 9.59 Å². The average molecular weight is 307 g/mol. The Morgan fingerprint density at radius 1 is 1.55 bits per heavy atom. The van der Waals surface area contributed by atoms with Gasteiger partial charge in [0.05, 0.1) is 12.5 Å². The summed E-state index contributed by atoms with van der Waals surface area (Å²) in [6, 6.07) is 3.38. The Hall–Kier alpha value is -2.31. The standard InChI is InChI=1S/C15H21N3O4/c1-2-8-22-13-11(4-3-6-16-13)9-17-15(21)18-7-5-12(10-18)14(19)20/h3-4,6,12H,2,5,7-10H2,1H3,(H,17,21)(H,19,20). The predicted molar refractivity (Wildman–Crippen MR) is 79.6 cm³/mol. The molecule has 0 bridgehead atoms. The first kappa shape index (κ1) is 16.1. The van der Waals surface area contributed by atoms with Crippen LogP contribution in [-0.2, 0) is 11.3 Å². The Morgan fingerprint density at radius 3 is 3.05 bits per heavy atom. The molecule has 1 aromatic rings. The van der Waals surface area contributed by atoms with Gasteiger partial charge in [0.25, 0.3) is 0 Å². The molecule has 7 nitrogen and oxygen atoms in total. The number of carbonyl (C=O) groups is 2. The van der Waals surface area contributed by atoms with Crippen LogP contribution >= 0.6 is 0 Å². The molecule has 1 aliphatic heterocycles. The number of carboxylic acid groups (broad SMARTS) is 1. The molecule has 1 unspecified atom stereocenters. The number of rotatable bonds is 6. The molecule has 22 heavy (non-hydrogen) atoms. The van der Waals surface area contributed by atoms with E-state index >= 15 is 0 Å². The fourth-order valence-electron chi connectivity index (χ4n) is 2.32. The van der Waals surface area contributed by atoms with E-state index in [4.69, 9.17) is 9.84 Å². The first-order chi connectivity index (χ1) is 10.6. The van der Waals surface area contributed by atoms with E-state index in [-0.39, 0.29) is 12.6 Å². The average Bonchev–Trinajstić information content (AvgIpc) is 3.01. The largest absolute Gasteiger partial charge is 0.481 e. The molecule has 0 aliphatic carbocycles. The molecule has 2 rings (SSSR count). The van der Waals surface area contributed by atoms with Crippen LogP contribution in [0, 0.1) is 5.92 Å². The molecule has 0 spiro atoms. The Balaban J connectivity index is 1.88. The van der Waals surface area contributed by atoms with Crippen molar-refractivity contribution in [1.29, 1.82) is 0 Å². The van der Waals surface area contributed by atoms with Crippen LogP contribution in [0.1, 0.15) is 25.3 Å². The summed E-state index contributed by atoms with van der Waals surface area (Å²) >= 11 is 0. The number of carboxylic acids is 1. The highest BCUT2D eigenvalue weighted by Crippen LogP contribution is 2.17. The van der Waals surface area contributed by atoms with Crippen molar-refractivity contribution in [2.24, 2.45) is 5.92 Å². The number of nitrogens with one attached hydrogen (secondary N) is 1. The summed E-state index contributed by atoms with van der Waals surface area (Å²) in [5, 5.41) is 11.7. The molecular weight excluding hydrogens is 286 g/mol. The van der Waals surface area contributed by atoms with Gasteiger partial charge in [-0.1, -0.05) is 13.0 Å². The molecule has 2 amide bonds. The van der Waals surface area contributed by atoms with Crippen LogP contribution in [0.2, 0.25) is 0 Å². The molecule has 1 fully saturated rings. The van der Waals surface area contributed by atoms with Gasteiger partial charge in [-0.05, 0) is 18.9 Å². The van der Waals surface area contributed by atoms with Crippen molar-refractivity contribution in [2.45, 2.75) is 26.3 Å². The molecular formula is C15H21N3O4. The molecule has 120 valence electrons. The second-order valence-corrected chi connectivity index (χ2v) is 5.24. The maximum Gasteiger partial charge on any atom is 0.317 e. The third-order valence-electron chi connectivity index (χ3n) is 3.55. The minimum absolute atomic E-state index is 0.256. The zero-order valence-electron chi connectivity index (χ0n) is 12.6. The fourth-order valence-corrected chi connectivity index (χ4v) is 2.32. The predicted octanol–water partition coefficient (Wildman–Crippen LogP) is 1.49. The number of aromatic nitrogens is 1. The molecule has 1 saturated heterocycles. The van der Waals surface area contributed by atoms with Crippen LogP contribution in [0.3, 0.4) is 0 Å². The zero-order chi connectivity index (χ0) is 15.9. The molecule has 0 saturated carbocycles. The van der Waals surface area contributed by atoms with Gasteiger partial charge in [-0.3, -0.25) is 4.79 Å². The molecule has 1 aromatic heterocycles. The second kappa shape index (κ2) is 7.63. The van der Waals surface area contributed by atoms with E-state index in [1.165, 1.54) is 4.90 Å². The summed E-state index contributed by atoms with van der Waals surface area (Å²) in [6.45, 7) is 3.61. The lowest BCUT2D eigenvalue weighted by Gasteiger charge is -2.17. The Morgan fingerprint density at radius 2 is 2.36 bits per heavy atom. The number of carbonyl (C=O) groups excluding carboxylic acids is 1. The van der Waals surface area contributed by atoms with Crippen molar-refractivity contribution >= 4 is 12.0 Å². The lowest BCUT2D eigenvalue weighted by Crippen LogP contribution is -2.38. The van der Waals surface area contributed by atoms with Crippen LogP contribution in [0.5, 0.6) is 5.88 Å². The number of hydrogen-bond acceptors (Lipinski definition) is 4. The maximum absolute atomic E-state index is 12.1. The molecule has 1 aliphatic rings. The molecule has 0 radical (unpaired) electrons. The van der Waals surface area contributed by atoms with Crippen molar-refractivity contribution < 1.29 is 19.4 Å². The highest BCUT2D eigenvalue weighted by molar-refractivity contribution is 5.77. The van der Waals surface area contributed by atoms with Crippen molar-refractivity contribution in [3.8, 4) is 5.88 Å². The van der Waals surface area contributed by atoms with E-state index in [1.807, 2.05) is 13.0 Å². The number of nitrogens with zero attached hydrogens (tertiary/aromatic N) is 2. The summed E-state index contributed by atoms with van der Waals surface area (Å²) in [5.41, 5.74) is 0.804. The SMILES string of the molecule is CCCOc1ncccc1CNC(=O)N1CCC(C(=O)O)C1. The Bertz CT molecular complexity index is 535. The summed E-state index contributed by atoms with van der Waals surface area (Å²) in [4.78, 5) is 28.7. The van der Waals surface area contributed by atoms with Gasteiger partial charge >= 0.3 is 12.0 Å². The van der Waals surface area contributed by atoms with Crippen molar-refractivity contribution in [2.75, 3.05) is 19.7 Å². The van der Waals surface area contributed by atoms with Crippen LogP contribution in [0.15, 0.2) is 18.3 Å². The Kier molecular flexibility index (Phi) is 5.57. The first-order valence-corrected chi connectivity index (χ1v) is 7.44. The fraction of sp³-hybridized carbons (Fsp3) is 0.533. The number of likely N-dealkylation sites (tertiary alicyclic amines) is 1. The van der Waals surface area contributed by atoms with E-state index < -0.39 is 11.9 Å². The summed E-state index contributed by atoms with van der Waals surface area (Å²) in [6.07, 6.45) is 3.03. The monoisotopic (exact) mass is 307 g/mol. The second-order valence-electron chi connectivity index (χ2n) is 5.24. The van der Waals surface area contributed by atoms with Crippen molar-refractivity contribution in [3.05, 3.63) is 23.9 Å². The maximum atomic E-state index is 12.1. The molecule has 7 heteroatoms. The zero-order valence-corrected chi connectivity index (χ0v) is 12.6. The normalized spacial score (nSPS) is 17.3. The first-order valence-electron chi connectivity index (χ1n) is 7.44. The third kappa shape index (κ3) is 4.09. The van der Waals surface area contributed by atoms with Gasteiger partial charge in [-0.2, -0.15) is 0 Å². The minimum atomic E-state index is -0.849. The van der Waals surface area contributed by atoms with Gasteiger partial charge in [0.1, 0.15) is 0 Å². The molecule has 2 heterocycles. The minimum Gasteiger partial charge on any atom is -0.481 e. The van der Waals surface area contributed by atoms with Gasteiger partial charge in [0, 0.05) is 31.4 Å². The number of hydrogen-bond donors (Lipinski definition) is 2. The lowest BCUT2D eigenvalue weighted by molar-refractivity contribution is -0.141. The van der Waals surface area contributed by atoms with Crippen LogP contribution < -0.4 is 10.1 Å². The van der Waals surface area contributed by atoms with Gasteiger partial charge in [-0.25, -0.2) is 9.78 Å². The lowest BCUT2D eigenvalue weighted by atomic mass is 10.1. The smallest absolute Gasteiger partial charge is 0.317 e. The van der Waals surface area contributed by atoms with Crippen LogP contribution in [0.4, 0.5) is 4.79 Å². The molecule has 2 N–H and O–H groups in total. The summed E-state index contributed by atoms with van der Waals surface area (Å²) in [5.74, 6) is -0.792. The van der Waals surface area contributed by atoms with E-state index in [1.54, 1.807) is 12.3 Å². The Labute approximate surface area is 129 Å². The molecule has 1 atom stereocenters. The van der Waals surface area contributed by atoms with Gasteiger partial charge in [0.2, 0.25) is 5.88 Å². The van der Waals surface area contributed by atoms with Crippen LogP contribution in [-0.4, -0.2) is 46.7 Å². The van der Waals surface area contributed by atoms with E-state index in [0.717, 1.165) is 12.0 Å². The van der Waals surface area contributed by atoms with Gasteiger partial charge in [0.15, 0.2) is 0 Å². The van der Waals surface area contributed by atoms with Gasteiger partial charge < -0.3 is 20.1 Å². The highest BCUT2D eigenvalue weighted by Gasteiger charge is 2.30. The highest BCUT2D eigenvalue weighted by atomic mass is 16.5. The number of amides is 2. The number of urea groups is 1. The topological polar surface area (TPSA) is 91.8 Å². The number of pyridine rings is 1. The van der Waals surface area contributed by atoms with Crippen LogP contribution in [0.25, 0.3) is 0 Å². The van der Waals surface area contributed by atoms with E-state index in [0.29, 0.717) is 32.0 Å². The number of ether oxygens (including phenoxy) is 1. The summed E-state index contributed by atoms with van der Waals surface area (Å²) < 4.78 is 5.54. The quantitative estimate of drug-likeness (QED) is 0.830. The molecule has 0 aromatic carbocycles. The van der Waals surface area contributed by atoms with E-state index in [2.05, 4.69) is 10.3 Å².